The number of halogens is 3. The minimum atomic E-state index is -1.13. The number of benzene rings is 2. The van der Waals surface area contributed by atoms with E-state index in [2.05, 4.69) is 42.1 Å². The highest BCUT2D eigenvalue weighted by Gasteiger charge is 2.31. The van der Waals surface area contributed by atoms with Gasteiger partial charge in [0.2, 0.25) is 5.82 Å². The smallest absolute Gasteiger partial charge is 0.291 e. The third-order valence-corrected chi connectivity index (χ3v) is 7.21. The first-order chi connectivity index (χ1) is 18.9. The van der Waals surface area contributed by atoms with Crippen LogP contribution in [-0.2, 0) is 7.05 Å². The molecule has 3 aromatic rings. The van der Waals surface area contributed by atoms with Crippen molar-refractivity contribution in [2.45, 2.75) is 24.9 Å². The number of carbonyl (C=O) groups is 2. The Morgan fingerprint density at radius 3 is 2.48 bits per heavy atom. The Morgan fingerprint density at radius 1 is 1.10 bits per heavy atom. The molecule has 9 nitrogen and oxygen atoms in total. The van der Waals surface area contributed by atoms with Crippen molar-refractivity contribution in [1.82, 2.24) is 20.2 Å². The van der Waals surface area contributed by atoms with Crippen molar-refractivity contribution in [2.24, 2.45) is 7.05 Å². The Morgan fingerprint density at radius 2 is 1.82 bits per heavy atom. The number of carbonyl (C=O) groups excluding carboxylic acids is 2. The molecule has 2 amide bonds. The number of imidazole rings is 1. The number of nitrogens with zero attached hydrogens (tertiary/aromatic N) is 3. The SMILES string of the molecule is COc1ccc(-c2cnc(C(=O)Nc3ccc(C(=O)N[C@H]4C[C@@H](NCC[N+](C)(C)C)C4)c(Cl)c3)n2C)c(F)c1F. The molecule has 0 bridgehead atoms. The van der Waals surface area contributed by atoms with Crippen molar-refractivity contribution >= 4 is 29.1 Å². The second-order valence-corrected chi connectivity index (χ2v) is 11.3. The number of amides is 2. The Balaban J connectivity index is 1.35. The second kappa shape index (κ2) is 11.9. The maximum atomic E-state index is 14.6. The van der Waals surface area contributed by atoms with Crippen LogP contribution in [-0.4, -0.2) is 79.3 Å². The molecule has 1 aliphatic rings. The van der Waals surface area contributed by atoms with Gasteiger partial charge in [-0.15, -0.1) is 0 Å². The van der Waals surface area contributed by atoms with Gasteiger partial charge >= 0.3 is 0 Å². The van der Waals surface area contributed by atoms with Crippen LogP contribution in [0.3, 0.4) is 0 Å². The number of aromatic nitrogens is 2. The van der Waals surface area contributed by atoms with Crippen LogP contribution >= 0.6 is 11.6 Å². The van der Waals surface area contributed by atoms with Crippen molar-refractivity contribution in [3.63, 3.8) is 0 Å². The van der Waals surface area contributed by atoms with Crippen molar-refractivity contribution in [1.29, 1.82) is 0 Å². The van der Waals surface area contributed by atoms with Crippen LogP contribution < -0.4 is 20.7 Å². The van der Waals surface area contributed by atoms with Crippen molar-refractivity contribution in [3.05, 3.63) is 64.6 Å². The number of hydrogen-bond donors (Lipinski definition) is 3. The molecule has 3 N–H and O–H groups in total. The van der Waals surface area contributed by atoms with Gasteiger partial charge in [-0.2, -0.15) is 4.39 Å². The Hall–Kier alpha value is -3.54. The first-order valence-electron chi connectivity index (χ1n) is 12.9. The summed E-state index contributed by atoms with van der Waals surface area (Å²) in [7, 11) is 9.21. The summed E-state index contributed by atoms with van der Waals surface area (Å²) >= 11 is 6.38. The summed E-state index contributed by atoms with van der Waals surface area (Å²) < 4.78 is 35.8. The average molecular weight is 576 g/mol. The second-order valence-electron chi connectivity index (χ2n) is 10.9. The lowest BCUT2D eigenvalue weighted by molar-refractivity contribution is -0.869. The predicted octanol–water partition coefficient (Wildman–Crippen LogP) is 3.84. The molecular weight excluding hydrogens is 542 g/mol. The van der Waals surface area contributed by atoms with E-state index in [1.165, 1.54) is 43.1 Å². The van der Waals surface area contributed by atoms with Crippen LogP contribution in [0.15, 0.2) is 36.5 Å². The van der Waals surface area contributed by atoms with Gasteiger partial charge in [0.05, 0.1) is 57.3 Å². The molecular formula is C28H34ClF2N6O3+. The van der Waals surface area contributed by atoms with Crippen LogP contribution in [0, 0.1) is 11.6 Å². The summed E-state index contributed by atoms with van der Waals surface area (Å²) in [5.41, 5.74) is 0.792. The van der Waals surface area contributed by atoms with Crippen molar-refractivity contribution in [3.8, 4) is 17.0 Å². The van der Waals surface area contributed by atoms with Gasteiger partial charge < -0.3 is 29.7 Å². The number of methoxy groups -OCH3 is 1. The molecule has 214 valence electrons. The van der Waals surface area contributed by atoms with Gasteiger partial charge in [0.25, 0.3) is 11.8 Å². The highest BCUT2D eigenvalue weighted by atomic mass is 35.5. The van der Waals surface area contributed by atoms with Gasteiger partial charge in [0.1, 0.15) is 0 Å². The molecule has 0 unspecified atom stereocenters. The van der Waals surface area contributed by atoms with E-state index in [4.69, 9.17) is 16.3 Å². The normalized spacial score (nSPS) is 16.8. The van der Waals surface area contributed by atoms with Crippen LogP contribution in [0.25, 0.3) is 11.3 Å². The molecule has 2 aromatic carbocycles. The summed E-state index contributed by atoms with van der Waals surface area (Å²) in [6.07, 6.45) is 2.99. The first kappa shape index (κ1) is 29.4. The van der Waals surface area contributed by atoms with Crippen LogP contribution in [0.4, 0.5) is 14.5 Å². The highest BCUT2D eigenvalue weighted by molar-refractivity contribution is 6.34. The number of hydrogen-bond acceptors (Lipinski definition) is 5. The minimum absolute atomic E-state index is 0.0295. The van der Waals surface area contributed by atoms with Crippen LogP contribution in [0.1, 0.15) is 33.8 Å². The highest BCUT2D eigenvalue weighted by Crippen LogP contribution is 2.30. The summed E-state index contributed by atoms with van der Waals surface area (Å²) in [4.78, 5) is 29.8. The lowest BCUT2D eigenvalue weighted by Gasteiger charge is -2.37. The fraction of sp³-hybridized carbons (Fsp3) is 0.393. The molecule has 0 atom stereocenters. The molecule has 1 aromatic heterocycles. The quantitative estimate of drug-likeness (QED) is 0.319. The predicted molar refractivity (Wildman–Crippen MR) is 150 cm³/mol. The lowest BCUT2D eigenvalue weighted by atomic mass is 9.86. The van der Waals surface area contributed by atoms with Gasteiger partial charge in [-0.1, -0.05) is 11.6 Å². The monoisotopic (exact) mass is 575 g/mol. The Labute approximate surface area is 237 Å². The van der Waals surface area contributed by atoms with Crippen LogP contribution in [0.5, 0.6) is 5.75 Å². The largest absolute Gasteiger partial charge is 0.494 e. The summed E-state index contributed by atoms with van der Waals surface area (Å²) in [5, 5.41) is 9.38. The molecule has 0 aliphatic heterocycles. The van der Waals surface area contributed by atoms with Crippen LogP contribution in [0.2, 0.25) is 5.02 Å². The van der Waals surface area contributed by atoms with E-state index in [1.807, 2.05) is 0 Å². The van der Waals surface area contributed by atoms with Crippen molar-refractivity contribution < 1.29 is 27.6 Å². The molecule has 1 heterocycles. The zero-order valence-electron chi connectivity index (χ0n) is 23.1. The molecule has 12 heteroatoms. The average Bonchev–Trinajstić information content (AvgIpc) is 3.24. The number of rotatable bonds is 10. The molecule has 1 aliphatic carbocycles. The summed E-state index contributed by atoms with van der Waals surface area (Å²) in [5.74, 6) is -3.36. The first-order valence-corrected chi connectivity index (χ1v) is 13.3. The van der Waals surface area contributed by atoms with E-state index in [1.54, 1.807) is 12.1 Å². The maximum absolute atomic E-state index is 14.6. The summed E-state index contributed by atoms with van der Waals surface area (Å²) in [6.45, 7) is 1.94. The fourth-order valence-electron chi connectivity index (χ4n) is 4.49. The van der Waals surface area contributed by atoms with E-state index >= 15 is 0 Å². The minimum Gasteiger partial charge on any atom is -0.494 e. The van der Waals surface area contributed by atoms with E-state index in [0.717, 1.165) is 30.4 Å². The topological polar surface area (TPSA) is 97.3 Å². The number of anilines is 1. The van der Waals surface area contributed by atoms with Gasteiger partial charge in [-0.25, -0.2) is 9.37 Å². The van der Waals surface area contributed by atoms with Gasteiger partial charge in [0, 0.05) is 36.9 Å². The van der Waals surface area contributed by atoms with E-state index in [9.17, 15) is 18.4 Å². The Kier molecular flexibility index (Phi) is 8.77. The summed E-state index contributed by atoms with van der Waals surface area (Å²) in [6, 6.07) is 7.70. The number of ether oxygens (including phenoxy) is 1. The third-order valence-electron chi connectivity index (χ3n) is 6.89. The number of quaternary nitrogens is 1. The van der Waals surface area contributed by atoms with E-state index < -0.39 is 17.5 Å². The molecule has 0 spiro atoms. The zero-order valence-corrected chi connectivity index (χ0v) is 23.9. The molecule has 4 rings (SSSR count). The molecule has 1 fully saturated rings. The number of nitrogens with one attached hydrogen (secondary N) is 3. The van der Waals surface area contributed by atoms with Gasteiger partial charge in [0.15, 0.2) is 17.4 Å². The standard InChI is InChI=1S/C28H33ClF2N6O3/c1-36-22(20-8-9-23(40-5)25(31)24(20)30)15-33-26(36)28(39)34-16-6-7-19(21(29)14-16)27(38)35-18-12-17(13-18)32-10-11-37(2,3)4/h6-9,14-15,17-18,32H,10-13H2,1-5H3,(H-,34,35,38,39)/p+1/t17-,18+. The van der Waals surface area contributed by atoms with E-state index in [-0.39, 0.29) is 39.8 Å². The Bertz CT molecular complexity index is 1420. The lowest BCUT2D eigenvalue weighted by Crippen LogP contribution is -2.54. The molecule has 40 heavy (non-hydrogen) atoms. The van der Waals surface area contributed by atoms with Gasteiger partial charge in [-0.05, 0) is 43.2 Å². The number of likely N-dealkylation sites (N-methyl/N-ethyl adjacent to an activating group) is 1. The zero-order chi connectivity index (χ0) is 29.2. The molecule has 0 saturated heterocycles. The van der Waals surface area contributed by atoms with Gasteiger partial charge in [-0.3, -0.25) is 9.59 Å². The fourth-order valence-corrected chi connectivity index (χ4v) is 4.76. The maximum Gasteiger partial charge on any atom is 0.291 e. The molecule has 0 radical (unpaired) electrons. The van der Waals surface area contributed by atoms with Crippen molar-refractivity contribution in [2.75, 3.05) is 46.7 Å². The van der Waals surface area contributed by atoms with E-state index in [0.29, 0.717) is 17.3 Å². The molecule has 1 saturated carbocycles. The third kappa shape index (κ3) is 6.60.